The van der Waals surface area contributed by atoms with Crippen molar-refractivity contribution in [2.24, 2.45) is 0 Å². The average molecular weight is 378 g/mol. The molecule has 0 saturated heterocycles. The van der Waals surface area contributed by atoms with Crippen LogP contribution in [-0.2, 0) is 6.42 Å². The molecule has 1 N–H and O–H groups in total. The van der Waals surface area contributed by atoms with Crippen molar-refractivity contribution in [3.63, 3.8) is 0 Å². The summed E-state index contributed by atoms with van der Waals surface area (Å²) in [4.78, 5) is 4.64. The molecule has 22 heavy (non-hydrogen) atoms. The highest BCUT2D eigenvalue weighted by Crippen LogP contribution is 2.24. The number of halogens is 1. The predicted molar refractivity (Wildman–Crippen MR) is 94.0 cm³/mol. The van der Waals surface area contributed by atoms with E-state index in [0.29, 0.717) is 0 Å². The zero-order valence-electron chi connectivity index (χ0n) is 11.9. The Morgan fingerprint density at radius 1 is 1.14 bits per heavy atom. The third kappa shape index (κ3) is 3.99. The molecule has 0 radical (unpaired) electrons. The second kappa shape index (κ2) is 7.11. The van der Waals surface area contributed by atoms with Crippen LogP contribution in [0.1, 0.15) is 17.8 Å². The lowest BCUT2D eigenvalue weighted by Crippen LogP contribution is -2.08. The van der Waals surface area contributed by atoms with Gasteiger partial charge in [-0.05, 0) is 71.6 Å². The van der Waals surface area contributed by atoms with Crippen molar-refractivity contribution < 1.29 is 9.84 Å². The summed E-state index contributed by atoms with van der Waals surface area (Å²) in [5.41, 5.74) is 1.08. The fourth-order valence-electron chi connectivity index (χ4n) is 2.17. The van der Waals surface area contributed by atoms with E-state index >= 15 is 0 Å². The smallest absolute Gasteiger partial charge is 0.153 e. The van der Waals surface area contributed by atoms with Gasteiger partial charge in [-0.1, -0.05) is 12.1 Å². The molecule has 3 rings (SSSR count). The van der Waals surface area contributed by atoms with Gasteiger partial charge in [-0.2, -0.15) is 0 Å². The van der Waals surface area contributed by atoms with Crippen LogP contribution in [0.4, 0.5) is 0 Å². The third-order valence-corrected chi connectivity index (χ3v) is 5.00. The summed E-state index contributed by atoms with van der Waals surface area (Å²) in [7, 11) is 0. The fourth-order valence-corrected chi connectivity index (χ4v) is 3.72. The van der Waals surface area contributed by atoms with Gasteiger partial charge >= 0.3 is 0 Å². The molecule has 0 saturated carbocycles. The number of rotatable bonds is 6. The van der Waals surface area contributed by atoms with E-state index in [2.05, 4.69) is 33.0 Å². The highest BCUT2D eigenvalue weighted by atomic mass is 79.9. The Balaban J connectivity index is 1.48. The first kappa shape index (κ1) is 15.3. The van der Waals surface area contributed by atoms with Crippen LogP contribution in [0.5, 0.6) is 11.5 Å². The van der Waals surface area contributed by atoms with Crippen molar-refractivity contribution in [2.75, 3.05) is 0 Å². The van der Waals surface area contributed by atoms with Gasteiger partial charge in [0.1, 0.15) is 11.5 Å². The van der Waals surface area contributed by atoms with E-state index < -0.39 is 0 Å². The number of nitrogens with zero attached hydrogens (tertiary/aromatic N) is 1. The van der Waals surface area contributed by atoms with Crippen LogP contribution in [0.2, 0.25) is 0 Å². The van der Waals surface area contributed by atoms with Gasteiger partial charge in [0.15, 0.2) is 5.01 Å². The summed E-state index contributed by atoms with van der Waals surface area (Å²) in [6.07, 6.45) is 2.87. The van der Waals surface area contributed by atoms with E-state index in [1.165, 1.54) is 9.71 Å². The Morgan fingerprint density at radius 2 is 1.91 bits per heavy atom. The largest absolute Gasteiger partial charge is 0.508 e. The molecule has 0 aliphatic heterocycles. The molecule has 0 aliphatic carbocycles. The van der Waals surface area contributed by atoms with Gasteiger partial charge in [-0.25, -0.2) is 4.98 Å². The highest BCUT2D eigenvalue weighted by molar-refractivity contribution is 9.09. The molecule has 1 heterocycles. The lowest BCUT2D eigenvalue weighted by molar-refractivity contribution is 0.279. The Bertz CT molecular complexity index is 709. The normalized spacial score (nSPS) is 12.4. The maximum Gasteiger partial charge on any atom is 0.153 e. The number of aromatic nitrogens is 1. The van der Waals surface area contributed by atoms with E-state index in [4.69, 9.17) is 4.74 Å². The minimum atomic E-state index is -0.0357. The summed E-state index contributed by atoms with van der Waals surface area (Å²) in [6, 6.07) is 15.0. The van der Waals surface area contributed by atoms with Crippen LogP contribution in [0, 0.1) is 0 Å². The number of benzene rings is 2. The fraction of sp³-hybridized carbons (Fsp3) is 0.235. The Labute approximate surface area is 141 Å². The van der Waals surface area contributed by atoms with Crippen molar-refractivity contribution in [3.05, 3.63) is 53.5 Å². The summed E-state index contributed by atoms with van der Waals surface area (Å²) in [6.45, 7) is 0. The van der Waals surface area contributed by atoms with Crippen molar-refractivity contribution >= 4 is 37.5 Å². The Kier molecular flexibility index (Phi) is 4.95. The molecule has 1 aromatic heterocycles. The second-order valence-electron chi connectivity index (χ2n) is 4.99. The van der Waals surface area contributed by atoms with Crippen LogP contribution in [0.15, 0.2) is 48.5 Å². The van der Waals surface area contributed by atoms with Crippen LogP contribution < -0.4 is 4.74 Å². The number of alkyl halides is 1. The monoisotopic (exact) mass is 377 g/mol. The van der Waals surface area contributed by atoms with E-state index in [9.17, 15) is 5.11 Å². The molecule has 0 bridgehead atoms. The number of thiazole rings is 1. The number of hydrogen-bond donors (Lipinski definition) is 1. The quantitative estimate of drug-likeness (QED) is 0.605. The molecule has 114 valence electrons. The highest BCUT2D eigenvalue weighted by Gasteiger charge is 2.08. The summed E-state index contributed by atoms with van der Waals surface area (Å²) in [5, 5.41) is 10.4. The number of para-hydroxylation sites is 1. The van der Waals surface area contributed by atoms with Gasteiger partial charge in [-0.3, -0.25) is 0 Å². The zero-order valence-corrected chi connectivity index (χ0v) is 14.3. The molecule has 0 aliphatic rings. The Morgan fingerprint density at radius 3 is 2.68 bits per heavy atom. The van der Waals surface area contributed by atoms with Crippen LogP contribution in [0.25, 0.3) is 10.2 Å². The number of ether oxygens (including phenoxy) is 1. The van der Waals surface area contributed by atoms with Crippen molar-refractivity contribution in [2.45, 2.75) is 24.3 Å². The molecule has 0 fully saturated rings. The van der Waals surface area contributed by atoms with Gasteiger partial charge in [0.05, 0.1) is 15.2 Å². The molecule has 0 amide bonds. The topological polar surface area (TPSA) is 42.4 Å². The lowest BCUT2D eigenvalue weighted by atomic mass is 10.2. The maximum absolute atomic E-state index is 9.25. The SMILES string of the molecule is Oc1ccc(OC(Br)CCCc2nc3ccccc3s2)cc1. The Hall–Kier alpha value is -1.59. The zero-order chi connectivity index (χ0) is 15.4. The van der Waals surface area contributed by atoms with E-state index in [1.807, 2.05) is 12.1 Å². The lowest BCUT2D eigenvalue weighted by Gasteiger charge is -2.12. The second-order valence-corrected chi connectivity index (χ2v) is 7.13. The molecule has 1 unspecified atom stereocenters. The first-order valence-electron chi connectivity index (χ1n) is 7.15. The van der Waals surface area contributed by atoms with Gasteiger partial charge in [0.2, 0.25) is 0 Å². The standard InChI is InChI=1S/C17H16BrNO2S/c18-16(21-13-10-8-12(20)9-11-13)6-3-7-17-19-14-4-1-2-5-15(14)22-17/h1-2,4-5,8-11,16,20H,3,6-7H2. The van der Waals surface area contributed by atoms with Crippen LogP contribution in [0.3, 0.4) is 0 Å². The van der Waals surface area contributed by atoms with E-state index in [0.717, 1.165) is 30.5 Å². The van der Waals surface area contributed by atoms with Gasteiger partial charge < -0.3 is 9.84 Å². The predicted octanol–water partition coefficient (Wildman–Crippen LogP) is 5.12. The van der Waals surface area contributed by atoms with E-state index in [1.54, 1.807) is 35.6 Å². The molecule has 3 nitrogen and oxygen atoms in total. The molecular weight excluding hydrogens is 362 g/mol. The molecule has 5 heteroatoms. The number of hydrogen-bond acceptors (Lipinski definition) is 4. The first-order valence-corrected chi connectivity index (χ1v) is 8.88. The molecular formula is C17H16BrNO2S. The molecule has 0 spiro atoms. The summed E-state index contributed by atoms with van der Waals surface area (Å²) in [5.74, 6) is 0.994. The number of aromatic hydroxyl groups is 1. The minimum Gasteiger partial charge on any atom is -0.508 e. The summed E-state index contributed by atoms with van der Waals surface area (Å²) < 4.78 is 7.00. The first-order chi connectivity index (χ1) is 10.7. The third-order valence-electron chi connectivity index (χ3n) is 3.26. The number of phenolic OH excluding ortho intramolecular Hbond substituents is 1. The number of fused-ring (bicyclic) bond motifs is 1. The number of phenols is 1. The van der Waals surface area contributed by atoms with Crippen molar-refractivity contribution in [3.8, 4) is 11.5 Å². The van der Waals surface area contributed by atoms with Crippen LogP contribution >= 0.6 is 27.3 Å². The number of aryl methyl sites for hydroxylation is 1. The van der Waals surface area contributed by atoms with Gasteiger partial charge in [0, 0.05) is 0 Å². The maximum atomic E-state index is 9.25. The van der Waals surface area contributed by atoms with E-state index in [-0.39, 0.29) is 10.8 Å². The molecule has 3 aromatic rings. The summed E-state index contributed by atoms with van der Waals surface area (Å²) >= 11 is 5.30. The van der Waals surface area contributed by atoms with Crippen LogP contribution in [-0.4, -0.2) is 15.1 Å². The van der Waals surface area contributed by atoms with Gasteiger partial charge in [0.25, 0.3) is 0 Å². The minimum absolute atomic E-state index is 0.0357. The van der Waals surface area contributed by atoms with Crippen molar-refractivity contribution in [1.82, 2.24) is 4.98 Å². The average Bonchev–Trinajstić information content (AvgIpc) is 2.92. The van der Waals surface area contributed by atoms with Crippen molar-refractivity contribution in [1.29, 1.82) is 0 Å². The van der Waals surface area contributed by atoms with Gasteiger partial charge in [-0.15, -0.1) is 11.3 Å². The molecule has 1 atom stereocenters. The molecule has 2 aromatic carbocycles.